The molecule has 0 saturated carbocycles. The summed E-state index contributed by atoms with van der Waals surface area (Å²) in [6.07, 6.45) is -1.91. The van der Waals surface area contributed by atoms with E-state index in [0.29, 0.717) is 11.8 Å². The Morgan fingerprint density at radius 2 is 1.52 bits per heavy atom. The number of carbonyl (C=O) groups excluding carboxylic acids is 1. The highest BCUT2D eigenvalue weighted by Gasteiger charge is 2.48. The number of allylic oxidation sites excluding steroid dienone is 2. The third kappa shape index (κ3) is 4.25. The molecule has 0 saturated heterocycles. The van der Waals surface area contributed by atoms with Crippen molar-refractivity contribution in [1.82, 2.24) is 0 Å². The number of benzene rings is 2. The Morgan fingerprint density at radius 3 is 2.06 bits per heavy atom. The van der Waals surface area contributed by atoms with Crippen LogP contribution in [0.3, 0.4) is 0 Å². The molecule has 0 aliphatic heterocycles. The number of hydrogen-bond donors (Lipinski definition) is 1. The molecular weight excluding hydrogens is 570 g/mol. The Morgan fingerprint density at radius 1 is 1.00 bits per heavy atom. The van der Waals surface area contributed by atoms with E-state index in [1.165, 1.54) is 12.1 Å². The number of nitrogens with one attached hydrogen (secondary N) is 1. The van der Waals surface area contributed by atoms with Crippen LogP contribution in [0, 0.1) is 29.1 Å². The van der Waals surface area contributed by atoms with Gasteiger partial charge >= 0.3 is 5.97 Å². The fourth-order valence-electron chi connectivity index (χ4n) is 2.52. The minimum Gasteiger partial charge on any atom is -0.416 e. The minimum absolute atomic E-state index is 0.296. The molecule has 2 atom stereocenters. The van der Waals surface area contributed by atoms with E-state index in [2.05, 4.69) is 10.1 Å². The predicted molar refractivity (Wildman–Crippen MR) is 106 cm³/mol. The average molecular weight is 578 g/mol. The zero-order valence-corrected chi connectivity index (χ0v) is 17.7. The highest BCUT2D eigenvalue weighted by molar-refractivity contribution is 14.1. The third-order valence-electron chi connectivity index (χ3n) is 4.08. The van der Waals surface area contributed by atoms with Gasteiger partial charge in [-0.3, -0.25) is 0 Å². The van der Waals surface area contributed by atoms with Crippen molar-refractivity contribution in [3.63, 3.8) is 0 Å². The van der Waals surface area contributed by atoms with E-state index in [9.17, 15) is 35.5 Å². The molecule has 0 spiro atoms. The summed E-state index contributed by atoms with van der Waals surface area (Å²) in [7, 11) is 0. The van der Waals surface area contributed by atoms with E-state index in [0.717, 1.165) is 22.6 Å². The molecule has 1 aliphatic carbocycles. The minimum atomic E-state index is -2.78. The van der Waals surface area contributed by atoms with Gasteiger partial charge in [0, 0.05) is 5.69 Å². The van der Waals surface area contributed by atoms with Crippen molar-refractivity contribution in [2.24, 2.45) is 0 Å². The first-order valence-corrected chi connectivity index (χ1v) is 9.61. The van der Waals surface area contributed by atoms with Gasteiger partial charge in [-0.15, -0.1) is 0 Å². The lowest BCUT2D eigenvalue weighted by molar-refractivity contribution is -0.130. The normalized spacial score (nSPS) is 21.1. The average Bonchev–Trinajstić information content (AvgIpc) is 2.75. The molecular formula is C19H8ClF7INO2. The molecule has 3 nitrogen and oxygen atoms in total. The molecule has 0 bridgehead atoms. The molecule has 2 aromatic rings. The van der Waals surface area contributed by atoms with Crippen molar-refractivity contribution >= 4 is 45.8 Å². The van der Waals surface area contributed by atoms with E-state index in [-0.39, 0.29) is 0 Å². The van der Waals surface area contributed by atoms with Gasteiger partial charge in [0.05, 0.1) is 16.3 Å². The zero-order chi connectivity index (χ0) is 23.1. The van der Waals surface area contributed by atoms with Gasteiger partial charge in [0.1, 0.15) is 0 Å². The van der Waals surface area contributed by atoms with E-state index in [1.54, 1.807) is 18.2 Å². The largest absolute Gasteiger partial charge is 0.416 e. The summed E-state index contributed by atoms with van der Waals surface area (Å²) in [6, 6.07) is 7.79. The van der Waals surface area contributed by atoms with Crippen molar-refractivity contribution < 1.29 is 40.3 Å². The van der Waals surface area contributed by atoms with Crippen molar-refractivity contribution in [2.75, 3.05) is 5.32 Å². The maximum absolute atomic E-state index is 15.0. The number of esters is 1. The Balaban J connectivity index is 2.01. The van der Waals surface area contributed by atoms with E-state index in [1.807, 2.05) is 0 Å². The van der Waals surface area contributed by atoms with Crippen molar-refractivity contribution in [1.29, 1.82) is 0 Å². The fraction of sp³-hybridized carbons (Fsp3) is 0.105. The molecule has 0 aromatic heterocycles. The first-order chi connectivity index (χ1) is 14.5. The lowest BCUT2D eigenvalue weighted by Gasteiger charge is -2.30. The van der Waals surface area contributed by atoms with Crippen molar-refractivity contribution in [3.05, 3.63) is 81.8 Å². The second-order valence-electron chi connectivity index (χ2n) is 6.08. The second-order valence-corrected chi connectivity index (χ2v) is 8.06. The topological polar surface area (TPSA) is 38.3 Å². The molecule has 1 aliphatic rings. The summed E-state index contributed by atoms with van der Waals surface area (Å²) in [5, 5.41) is 1.52. The van der Waals surface area contributed by atoms with Gasteiger partial charge in [0.2, 0.25) is 38.5 Å². The first-order valence-electron chi connectivity index (χ1n) is 8.16. The molecule has 31 heavy (non-hydrogen) atoms. The molecule has 2 aromatic carbocycles. The van der Waals surface area contributed by atoms with Gasteiger partial charge in [0.25, 0.3) is 0 Å². The maximum Gasteiger partial charge on any atom is 0.345 e. The number of ether oxygens (including phenoxy) is 1. The monoisotopic (exact) mass is 577 g/mol. The zero-order valence-electron chi connectivity index (χ0n) is 14.8. The molecule has 1 N–H and O–H groups in total. The Labute approximate surface area is 188 Å². The first kappa shape index (κ1) is 23.4. The van der Waals surface area contributed by atoms with Crippen LogP contribution in [0.15, 0.2) is 52.7 Å². The van der Waals surface area contributed by atoms with Crippen LogP contribution < -0.4 is 10.1 Å². The van der Waals surface area contributed by atoms with Crippen LogP contribution in [0.1, 0.15) is 0 Å². The molecule has 0 heterocycles. The van der Waals surface area contributed by atoms with E-state index in [4.69, 9.17) is 11.6 Å². The predicted octanol–water partition coefficient (Wildman–Crippen LogP) is 6.23. The van der Waals surface area contributed by atoms with Gasteiger partial charge in [-0.1, -0.05) is 29.8 Å². The molecule has 0 amide bonds. The molecule has 12 heteroatoms. The smallest absolute Gasteiger partial charge is 0.345 e. The SMILES string of the molecule is O=C(Oc1c(F)c(F)c(F)c(F)c1F)C1=C(Cl)C(F)C(F)(I)C(Nc2ccccc2)=C1. The summed E-state index contributed by atoms with van der Waals surface area (Å²) in [5.74, 6) is -15.7. The lowest BCUT2D eigenvalue weighted by Crippen LogP contribution is -2.38. The van der Waals surface area contributed by atoms with E-state index >= 15 is 0 Å². The number of para-hydroxylation sites is 1. The molecule has 3 rings (SSSR count). The third-order valence-corrected chi connectivity index (χ3v) is 5.61. The number of carbonyl (C=O) groups is 1. The van der Waals surface area contributed by atoms with Gasteiger partial charge in [-0.05, 0) is 40.8 Å². The fourth-order valence-corrected chi connectivity index (χ4v) is 3.58. The van der Waals surface area contributed by atoms with Crippen LogP contribution >= 0.6 is 34.2 Å². The van der Waals surface area contributed by atoms with Gasteiger partial charge in [-0.25, -0.2) is 26.7 Å². The van der Waals surface area contributed by atoms with Crippen molar-refractivity contribution in [3.8, 4) is 5.75 Å². The number of halogens is 9. The quantitative estimate of drug-likeness (QED) is 0.0891. The van der Waals surface area contributed by atoms with Gasteiger partial charge < -0.3 is 10.1 Å². The molecule has 0 radical (unpaired) electrons. The summed E-state index contributed by atoms with van der Waals surface area (Å²) in [5.41, 5.74) is -1.10. The highest BCUT2D eigenvalue weighted by atomic mass is 127. The molecule has 0 fully saturated rings. The van der Waals surface area contributed by atoms with Crippen LogP contribution in [-0.2, 0) is 4.79 Å². The van der Waals surface area contributed by atoms with E-state index < -0.39 is 67.0 Å². The molecule has 2 unspecified atom stereocenters. The van der Waals surface area contributed by atoms with Crippen LogP contribution in [-0.4, -0.2) is 15.8 Å². The number of alkyl halides is 3. The highest BCUT2D eigenvalue weighted by Crippen LogP contribution is 2.45. The van der Waals surface area contributed by atoms with Crippen LogP contribution in [0.2, 0.25) is 0 Å². The van der Waals surface area contributed by atoms with Crippen LogP contribution in [0.5, 0.6) is 5.75 Å². The van der Waals surface area contributed by atoms with Crippen LogP contribution in [0.4, 0.5) is 36.4 Å². The second kappa shape index (κ2) is 8.69. The Bertz CT molecular complexity index is 1090. The van der Waals surface area contributed by atoms with Gasteiger partial charge in [-0.2, -0.15) is 8.78 Å². The Hall–Kier alpha value is -2.28. The summed E-state index contributed by atoms with van der Waals surface area (Å²) < 4.78 is 98.4. The molecule has 164 valence electrons. The van der Waals surface area contributed by atoms with Crippen LogP contribution in [0.25, 0.3) is 0 Å². The number of rotatable bonds is 4. The number of anilines is 1. The summed E-state index contributed by atoms with van der Waals surface area (Å²) in [4.78, 5) is 12.3. The Kier molecular flexibility index (Phi) is 6.56. The van der Waals surface area contributed by atoms with Crippen molar-refractivity contribution in [2.45, 2.75) is 9.85 Å². The maximum atomic E-state index is 15.0. The van der Waals surface area contributed by atoms with Gasteiger partial charge in [0.15, 0.2) is 6.17 Å². The number of hydrogen-bond acceptors (Lipinski definition) is 3. The summed E-state index contributed by atoms with van der Waals surface area (Å²) in [6.45, 7) is 0. The summed E-state index contributed by atoms with van der Waals surface area (Å²) >= 11 is 6.80. The lowest BCUT2D eigenvalue weighted by atomic mass is 10.00. The standard InChI is InChI=1S/C19H8ClF7INO2/c20-10-8(18(30)31-16-14(24)12(22)11(21)13(23)15(16)25)6-9(19(27,28)17(10)26)29-7-4-2-1-3-5-7/h1-6,17,29H.